The van der Waals surface area contributed by atoms with Gasteiger partial charge in [0.2, 0.25) is 0 Å². The van der Waals surface area contributed by atoms with E-state index in [1.54, 1.807) is 0 Å². The maximum absolute atomic E-state index is 10.5. The van der Waals surface area contributed by atoms with Crippen LogP contribution in [0.5, 0.6) is 11.5 Å². The molecule has 2 aliphatic heterocycles. The van der Waals surface area contributed by atoms with E-state index in [0.717, 1.165) is 47.8 Å². The molecule has 1 saturated heterocycles. The topological polar surface area (TPSA) is 47.9 Å². The molecule has 0 amide bonds. The van der Waals surface area contributed by atoms with Crippen molar-refractivity contribution >= 4 is 0 Å². The molecule has 1 unspecified atom stereocenters. The third kappa shape index (κ3) is 2.90. The first-order valence-electron chi connectivity index (χ1n) is 7.15. The van der Waals surface area contributed by atoms with Gasteiger partial charge in [-0.2, -0.15) is 0 Å². The molecule has 1 aromatic carbocycles. The van der Waals surface area contributed by atoms with Crippen molar-refractivity contribution in [3.05, 3.63) is 23.8 Å². The van der Waals surface area contributed by atoms with Crippen LogP contribution < -0.4 is 9.47 Å². The fraction of sp³-hybridized carbons (Fsp3) is 0.600. The van der Waals surface area contributed by atoms with Gasteiger partial charge in [0.05, 0.1) is 20.3 Å². The van der Waals surface area contributed by atoms with Gasteiger partial charge in [0.25, 0.3) is 0 Å². The summed E-state index contributed by atoms with van der Waals surface area (Å²) in [6.07, 6.45) is -0.492. The van der Waals surface area contributed by atoms with E-state index in [1.807, 2.05) is 18.2 Å². The number of likely N-dealkylation sites (N-methyl/N-ethyl adjacent to an activating group) is 1. The Bertz CT molecular complexity index is 471. The SMILES string of the molecule is C[N+]1(CC(O)c2ccc3c(c2)OCCO3)CCOCC1. The number of fused-ring (bicyclic) bond motifs is 1. The second-order valence-corrected chi connectivity index (χ2v) is 5.78. The number of ether oxygens (including phenoxy) is 3. The molecular formula is C15H22NO4+. The zero-order valence-corrected chi connectivity index (χ0v) is 11.9. The molecule has 0 bridgehead atoms. The first kappa shape index (κ1) is 13.7. The summed E-state index contributed by atoms with van der Waals surface area (Å²) in [7, 11) is 2.17. The van der Waals surface area contributed by atoms with Crippen LogP contribution in [-0.2, 0) is 4.74 Å². The van der Waals surface area contributed by atoms with Crippen LogP contribution in [0.3, 0.4) is 0 Å². The Morgan fingerprint density at radius 3 is 2.55 bits per heavy atom. The first-order chi connectivity index (χ1) is 9.66. The predicted molar refractivity (Wildman–Crippen MR) is 74.0 cm³/mol. The number of aliphatic hydroxyl groups excluding tert-OH is 1. The summed E-state index contributed by atoms with van der Waals surface area (Å²) in [5.74, 6) is 1.50. The molecule has 0 saturated carbocycles. The summed E-state index contributed by atoms with van der Waals surface area (Å²) in [5.41, 5.74) is 0.889. The largest absolute Gasteiger partial charge is 0.486 e. The Kier molecular flexibility index (Phi) is 3.83. The van der Waals surface area contributed by atoms with Crippen molar-refractivity contribution in [3.8, 4) is 11.5 Å². The van der Waals surface area contributed by atoms with E-state index in [1.165, 1.54) is 0 Å². The summed E-state index contributed by atoms with van der Waals surface area (Å²) < 4.78 is 17.3. The lowest BCUT2D eigenvalue weighted by Crippen LogP contribution is -2.53. The fourth-order valence-electron chi connectivity index (χ4n) is 2.76. The van der Waals surface area contributed by atoms with Crippen LogP contribution in [0, 0.1) is 0 Å². The Morgan fingerprint density at radius 1 is 1.10 bits per heavy atom. The molecule has 1 atom stereocenters. The maximum atomic E-state index is 10.5. The predicted octanol–water partition coefficient (Wildman–Crippen LogP) is 0.968. The molecule has 0 aromatic heterocycles. The van der Waals surface area contributed by atoms with Crippen molar-refractivity contribution in [1.82, 2.24) is 0 Å². The minimum Gasteiger partial charge on any atom is -0.486 e. The summed E-state index contributed by atoms with van der Waals surface area (Å²) in [4.78, 5) is 0. The van der Waals surface area contributed by atoms with Gasteiger partial charge in [-0.1, -0.05) is 6.07 Å². The van der Waals surface area contributed by atoms with Gasteiger partial charge in [-0.25, -0.2) is 0 Å². The second kappa shape index (κ2) is 5.60. The van der Waals surface area contributed by atoms with Crippen molar-refractivity contribution < 1.29 is 23.8 Å². The number of quaternary nitrogens is 1. The molecule has 20 heavy (non-hydrogen) atoms. The molecule has 5 heteroatoms. The van der Waals surface area contributed by atoms with Crippen molar-refractivity contribution in [2.24, 2.45) is 0 Å². The highest BCUT2D eigenvalue weighted by Gasteiger charge is 2.29. The van der Waals surface area contributed by atoms with Gasteiger partial charge in [-0.15, -0.1) is 0 Å². The van der Waals surface area contributed by atoms with Crippen LogP contribution in [0.1, 0.15) is 11.7 Å². The van der Waals surface area contributed by atoms with E-state index < -0.39 is 6.10 Å². The third-order valence-electron chi connectivity index (χ3n) is 4.12. The number of hydrogen-bond acceptors (Lipinski definition) is 4. The normalized spacial score (nSPS) is 22.3. The molecule has 3 rings (SSSR count). The molecule has 2 aliphatic rings. The van der Waals surface area contributed by atoms with Gasteiger partial charge >= 0.3 is 0 Å². The van der Waals surface area contributed by atoms with Crippen LogP contribution in [0.25, 0.3) is 0 Å². The van der Waals surface area contributed by atoms with Crippen LogP contribution in [-0.4, -0.2) is 62.7 Å². The second-order valence-electron chi connectivity index (χ2n) is 5.78. The van der Waals surface area contributed by atoms with Gasteiger partial charge in [0, 0.05) is 0 Å². The van der Waals surface area contributed by atoms with E-state index in [-0.39, 0.29) is 0 Å². The van der Waals surface area contributed by atoms with Crippen molar-refractivity contribution in [2.45, 2.75) is 6.10 Å². The maximum Gasteiger partial charge on any atom is 0.161 e. The molecule has 1 aromatic rings. The molecular weight excluding hydrogens is 258 g/mol. The number of morpholine rings is 1. The van der Waals surface area contributed by atoms with Gasteiger partial charge < -0.3 is 23.8 Å². The monoisotopic (exact) mass is 280 g/mol. The number of benzene rings is 1. The highest BCUT2D eigenvalue weighted by Crippen LogP contribution is 2.33. The van der Waals surface area contributed by atoms with Crippen molar-refractivity contribution in [3.63, 3.8) is 0 Å². The van der Waals surface area contributed by atoms with E-state index in [4.69, 9.17) is 14.2 Å². The number of hydrogen-bond donors (Lipinski definition) is 1. The zero-order valence-electron chi connectivity index (χ0n) is 11.9. The smallest absolute Gasteiger partial charge is 0.161 e. The molecule has 0 aliphatic carbocycles. The van der Waals surface area contributed by atoms with Crippen LogP contribution in [0.4, 0.5) is 0 Å². The van der Waals surface area contributed by atoms with E-state index in [2.05, 4.69) is 7.05 Å². The number of rotatable bonds is 3. The zero-order chi connectivity index (χ0) is 14.0. The summed E-state index contributed by atoms with van der Waals surface area (Å²) in [6, 6.07) is 5.70. The van der Waals surface area contributed by atoms with Crippen LogP contribution in [0.15, 0.2) is 18.2 Å². The van der Waals surface area contributed by atoms with Gasteiger partial charge in [0.15, 0.2) is 11.5 Å². The third-order valence-corrected chi connectivity index (χ3v) is 4.12. The average molecular weight is 280 g/mol. The van der Waals surface area contributed by atoms with E-state index >= 15 is 0 Å². The van der Waals surface area contributed by atoms with Crippen molar-refractivity contribution in [1.29, 1.82) is 0 Å². The molecule has 2 heterocycles. The minimum absolute atomic E-state index is 0.492. The molecule has 110 valence electrons. The highest BCUT2D eigenvalue weighted by atomic mass is 16.6. The number of nitrogens with zero attached hydrogens (tertiary/aromatic N) is 1. The van der Waals surface area contributed by atoms with Gasteiger partial charge in [-0.3, -0.25) is 0 Å². The minimum atomic E-state index is -0.492. The molecule has 1 N–H and O–H groups in total. The van der Waals surface area contributed by atoms with E-state index in [9.17, 15) is 5.11 Å². The molecule has 0 radical (unpaired) electrons. The first-order valence-corrected chi connectivity index (χ1v) is 7.15. The summed E-state index contributed by atoms with van der Waals surface area (Å²) in [5, 5.41) is 10.5. The van der Waals surface area contributed by atoms with Crippen LogP contribution in [0.2, 0.25) is 0 Å². The van der Waals surface area contributed by atoms with E-state index in [0.29, 0.717) is 19.8 Å². The summed E-state index contributed by atoms with van der Waals surface area (Å²) >= 11 is 0. The van der Waals surface area contributed by atoms with Gasteiger partial charge in [-0.05, 0) is 17.7 Å². The Morgan fingerprint density at radius 2 is 1.80 bits per heavy atom. The Labute approximate surface area is 119 Å². The Balaban J connectivity index is 1.71. The molecule has 1 fully saturated rings. The quantitative estimate of drug-likeness (QED) is 0.838. The average Bonchev–Trinajstić information content (AvgIpc) is 2.47. The molecule has 0 spiro atoms. The number of aliphatic hydroxyl groups is 1. The summed E-state index contributed by atoms with van der Waals surface area (Å²) in [6.45, 7) is 5.28. The lowest BCUT2D eigenvalue weighted by molar-refractivity contribution is -0.920. The lowest BCUT2D eigenvalue weighted by atomic mass is 10.1. The Hall–Kier alpha value is -1.30. The van der Waals surface area contributed by atoms with Crippen molar-refractivity contribution in [2.75, 3.05) is 53.1 Å². The highest BCUT2D eigenvalue weighted by molar-refractivity contribution is 5.44. The lowest BCUT2D eigenvalue weighted by Gasteiger charge is -2.39. The molecule has 5 nitrogen and oxygen atoms in total. The van der Waals surface area contributed by atoms with Crippen LogP contribution >= 0.6 is 0 Å². The standard InChI is InChI=1S/C15H22NO4/c1-16(4-6-18-7-5-16)11-13(17)12-2-3-14-15(10-12)20-9-8-19-14/h2-3,10,13,17H,4-9,11H2,1H3/q+1. The fourth-order valence-corrected chi connectivity index (χ4v) is 2.76. The van der Waals surface area contributed by atoms with Gasteiger partial charge in [0.1, 0.15) is 39.0 Å².